The third-order valence-corrected chi connectivity index (χ3v) is 2.07. The van der Waals surface area contributed by atoms with E-state index in [-0.39, 0.29) is 12.5 Å². The number of halogens is 3. The van der Waals surface area contributed by atoms with Crippen LogP contribution in [0.15, 0.2) is 0 Å². The van der Waals surface area contributed by atoms with E-state index < -0.39 is 18.7 Å². The first-order valence-corrected chi connectivity index (χ1v) is 4.61. The van der Waals surface area contributed by atoms with Gasteiger partial charge in [0.2, 0.25) is 5.91 Å². The van der Waals surface area contributed by atoms with Crippen LogP contribution < -0.4 is 11.2 Å². The Hall–Kier alpha value is -0.820. The first kappa shape index (κ1) is 12.3. The molecule has 0 aliphatic heterocycles. The van der Waals surface area contributed by atoms with Crippen molar-refractivity contribution in [2.75, 3.05) is 6.61 Å². The molecule has 1 amide bonds. The average Bonchev–Trinajstić information content (AvgIpc) is 2.82. The number of carbonyl (C=O) groups excluding carboxylic acids is 1. The maximum atomic E-state index is 11.6. The van der Waals surface area contributed by atoms with Crippen LogP contribution in [0.3, 0.4) is 0 Å². The zero-order chi connectivity index (χ0) is 11.5. The van der Waals surface area contributed by atoms with Crippen molar-refractivity contribution < 1.29 is 22.8 Å². The van der Waals surface area contributed by atoms with Crippen molar-refractivity contribution in [1.82, 2.24) is 5.48 Å². The lowest BCUT2D eigenvalue weighted by Gasteiger charge is -2.11. The maximum Gasteiger partial charge on any atom is 0.414 e. The van der Waals surface area contributed by atoms with E-state index in [4.69, 9.17) is 5.73 Å². The molecular formula is C8H13F3N2O2. The minimum absolute atomic E-state index is 0.00250. The number of rotatable bonds is 5. The Labute approximate surface area is 84.9 Å². The van der Waals surface area contributed by atoms with Gasteiger partial charge in [-0.05, 0) is 18.8 Å². The van der Waals surface area contributed by atoms with Gasteiger partial charge in [0.1, 0.15) is 0 Å². The van der Waals surface area contributed by atoms with Crippen LogP contribution in [0.2, 0.25) is 0 Å². The summed E-state index contributed by atoms with van der Waals surface area (Å²) in [6, 6.07) is -0.278. The van der Waals surface area contributed by atoms with Crippen LogP contribution in [0.5, 0.6) is 0 Å². The number of nitrogens with one attached hydrogen (secondary N) is 1. The molecule has 1 fully saturated rings. The number of amides is 1. The van der Waals surface area contributed by atoms with Crippen LogP contribution in [-0.4, -0.2) is 24.7 Å². The summed E-state index contributed by atoms with van der Waals surface area (Å²) in [5.74, 6) is -0.281. The molecule has 1 aliphatic carbocycles. The number of hydrogen-bond donors (Lipinski definition) is 2. The van der Waals surface area contributed by atoms with Gasteiger partial charge in [-0.3, -0.25) is 9.63 Å². The summed E-state index contributed by atoms with van der Waals surface area (Å²) in [6.45, 7) is -1.49. The van der Waals surface area contributed by atoms with Crippen molar-refractivity contribution in [1.29, 1.82) is 0 Å². The molecule has 0 aromatic heterocycles. The van der Waals surface area contributed by atoms with Crippen molar-refractivity contribution in [2.24, 2.45) is 11.7 Å². The van der Waals surface area contributed by atoms with E-state index in [0.717, 1.165) is 12.8 Å². The van der Waals surface area contributed by atoms with Crippen LogP contribution in [-0.2, 0) is 9.63 Å². The Morgan fingerprint density at radius 2 is 2.13 bits per heavy atom. The van der Waals surface area contributed by atoms with Gasteiger partial charge in [0.15, 0.2) is 6.61 Å². The molecular weight excluding hydrogens is 213 g/mol. The molecule has 0 spiro atoms. The quantitative estimate of drug-likeness (QED) is 0.679. The highest BCUT2D eigenvalue weighted by atomic mass is 19.4. The number of alkyl halides is 3. The van der Waals surface area contributed by atoms with Crippen molar-refractivity contribution in [3.8, 4) is 0 Å². The van der Waals surface area contributed by atoms with E-state index in [1.54, 1.807) is 5.48 Å². The van der Waals surface area contributed by atoms with Crippen LogP contribution in [0, 0.1) is 5.92 Å². The average molecular weight is 226 g/mol. The fourth-order valence-corrected chi connectivity index (χ4v) is 1.15. The largest absolute Gasteiger partial charge is 0.414 e. The third kappa shape index (κ3) is 5.58. The Kier molecular flexibility index (Phi) is 3.92. The molecule has 3 N–H and O–H groups in total. The molecule has 0 aromatic carbocycles. The Morgan fingerprint density at radius 1 is 1.53 bits per heavy atom. The lowest BCUT2D eigenvalue weighted by molar-refractivity contribution is -0.191. The SMILES string of the molecule is NC(CC(=O)NOCC(F)(F)F)C1CC1. The smallest absolute Gasteiger partial charge is 0.327 e. The van der Waals surface area contributed by atoms with Gasteiger partial charge in [-0.2, -0.15) is 13.2 Å². The molecule has 4 nitrogen and oxygen atoms in total. The minimum Gasteiger partial charge on any atom is -0.327 e. The zero-order valence-corrected chi connectivity index (χ0v) is 8.01. The Bertz CT molecular complexity index is 228. The summed E-state index contributed by atoms with van der Waals surface area (Å²) in [7, 11) is 0. The first-order valence-electron chi connectivity index (χ1n) is 4.61. The lowest BCUT2D eigenvalue weighted by Crippen LogP contribution is -2.35. The molecule has 1 atom stereocenters. The summed E-state index contributed by atoms with van der Waals surface area (Å²) in [4.78, 5) is 15.0. The molecule has 7 heteroatoms. The number of hydroxylamine groups is 1. The second kappa shape index (κ2) is 4.80. The fraction of sp³-hybridized carbons (Fsp3) is 0.875. The van der Waals surface area contributed by atoms with E-state index in [1.807, 2.05) is 0 Å². The van der Waals surface area contributed by atoms with Crippen molar-refractivity contribution in [3.05, 3.63) is 0 Å². The molecule has 88 valence electrons. The van der Waals surface area contributed by atoms with Gasteiger partial charge >= 0.3 is 6.18 Å². The highest BCUT2D eigenvalue weighted by molar-refractivity contribution is 5.75. The monoisotopic (exact) mass is 226 g/mol. The molecule has 15 heavy (non-hydrogen) atoms. The molecule has 0 radical (unpaired) electrons. The van der Waals surface area contributed by atoms with Crippen LogP contribution in [0.1, 0.15) is 19.3 Å². The van der Waals surface area contributed by atoms with E-state index in [1.165, 1.54) is 0 Å². The molecule has 0 heterocycles. The van der Waals surface area contributed by atoms with E-state index in [2.05, 4.69) is 4.84 Å². The second-order valence-electron chi connectivity index (χ2n) is 3.63. The predicted octanol–water partition coefficient (Wildman–Crippen LogP) is 0.724. The molecule has 0 saturated heterocycles. The van der Waals surface area contributed by atoms with Gasteiger partial charge in [0, 0.05) is 12.5 Å². The third-order valence-electron chi connectivity index (χ3n) is 2.07. The van der Waals surface area contributed by atoms with E-state index in [9.17, 15) is 18.0 Å². The normalized spacial score (nSPS) is 18.7. The summed E-state index contributed by atoms with van der Waals surface area (Å²) < 4.78 is 34.8. The topological polar surface area (TPSA) is 64.4 Å². The van der Waals surface area contributed by atoms with Crippen molar-refractivity contribution >= 4 is 5.91 Å². The fourth-order valence-electron chi connectivity index (χ4n) is 1.15. The number of nitrogens with two attached hydrogens (primary N) is 1. The van der Waals surface area contributed by atoms with Crippen LogP contribution in [0.4, 0.5) is 13.2 Å². The van der Waals surface area contributed by atoms with E-state index in [0.29, 0.717) is 5.92 Å². The first-order chi connectivity index (χ1) is 6.88. The minimum atomic E-state index is -4.44. The maximum absolute atomic E-state index is 11.6. The highest BCUT2D eigenvalue weighted by Gasteiger charge is 2.31. The van der Waals surface area contributed by atoms with Crippen LogP contribution in [0.25, 0.3) is 0 Å². The molecule has 1 rings (SSSR count). The molecule has 0 aromatic rings. The standard InChI is InChI=1S/C8H13F3N2O2/c9-8(10,11)4-15-13-7(14)3-6(12)5-1-2-5/h5-6H,1-4,12H2,(H,13,14). The van der Waals surface area contributed by atoms with Gasteiger partial charge in [0.05, 0.1) is 0 Å². The second-order valence-corrected chi connectivity index (χ2v) is 3.63. The van der Waals surface area contributed by atoms with E-state index >= 15 is 0 Å². The Balaban J connectivity index is 2.07. The van der Waals surface area contributed by atoms with Crippen molar-refractivity contribution in [3.63, 3.8) is 0 Å². The van der Waals surface area contributed by atoms with Gasteiger partial charge in [-0.25, -0.2) is 5.48 Å². The molecule has 1 unspecified atom stereocenters. The van der Waals surface area contributed by atoms with Gasteiger partial charge in [-0.1, -0.05) is 0 Å². The predicted molar refractivity (Wildman–Crippen MR) is 45.5 cm³/mol. The zero-order valence-electron chi connectivity index (χ0n) is 8.01. The van der Waals surface area contributed by atoms with Crippen molar-refractivity contribution in [2.45, 2.75) is 31.5 Å². The van der Waals surface area contributed by atoms with Crippen LogP contribution >= 0.6 is 0 Å². The van der Waals surface area contributed by atoms with Gasteiger partial charge < -0.3 is 5.73 Å². The summed E-state index contributed by atoms with van der Waals surface area (Å²) in [5, 5.41) is 0. The Morgan fingerprint density at radius 3 is 2.60 bits per heavy atom. The molecule has 1 aliphatic rings. The molecule has 1 saturated carbocycles. The summed E-state index contributed by atoms with van der Waals surface area (Å²) in [6.07, 6.45) is -2.47. The van der Waals surface area contributed by atoms with Gasteiger partial charge in [0.25, 0.3) is 0 Å². The summed E-state index contributed by atoms with van der Waals surface area (Å²) >= 11 is 0. The highest BCUT2D eigenvalue weighted by Crippen LogP contribution is 2.32. The number of hydrogen-bond acceptors (Lipinski definition) is 3. The molecule has 0 bridgehead atoms. The number of carbonyl (C=O) groups is 1. The van der Waals surface area contributed by atoms with Gasteiger partial charge in [-0.15, -0.1) is 0 Å². The lowest BCUT2D eigenvalue weighted by atomic mass is 10.1. The summed E-state index contributed by atoms with van der Waals surface area (Å²) in [5.41, 5.74) is 7.31.